The molecule has 0 saturated heterocycles. The number of halogens is 3. The maximum Gasteiger partial charge on any atom is 0.416 e. The van der Waals surface area contributed by atoms with Crippen LogP contribution >= 0.6 is 11.3 Å². The fourth-order valence-corrected chi connectivity index (χ4v) is 3.08. The summed E-state index contributed by atoms with van der Waals surface area (Å²) in [5, 5.41) is 4.81. The van der Waals surface area contributed by atoms with E-state index in [1.165, 1.54) is 23.3 Å². The Bertz CT molecular complexity index is 806. The number of ether oxygens (including phenoxy) is 1. The minimum atomic E-state index is -4.48. The first-order chi connectivity index (χ1) is 13.2. The molecule has 0 atom stereocenters. The highest BCUT2D eigenvalue weighted by atomic mass is 32.1. The van der Waals surface area contributed by atoms with E-state index in [1.54, 1.807) is 12.3 Å². The van der Waals surface area contributed by atoms with Crippen molar-refractivity contribution in [1.29, 1.82) is 0 Å². The smallest absolute Gasteiger partial charge is 0.385 e. The zero-order valence-corrected chi connectivity index (χ0v) is 16.2. The minimum absolute atomic E-state index is 0.0725. The highest BCUT2D eigenvalue weighted by Gasteiger charge is 2.30. The van der Waals surface area contributed by atoms with Crippen molar-refractivity contribution in [3.63, 3.8) is 0 Å². The van der Waals surface area contributed by atoms with Gasteiger partial charge in [-0.1, -0.05) is 0 Å². The molecule has 0 unspecified atom stereocenters. The minimum Gasteiger partial charge on any atom is -0.385 e. The first kappa shape index (κ1) is 21.8. The second kappa shape index (κ2) is 9.65. The number of aryl methyl sites for hydroxylation is 1. The fraction of sp³-hybridized carbons (Fsp3) is 0.389. The molecule has 152 valence electrons. The molecule has 1 aromatic carbocycles. The molecule has 0 radical (unpaired) electrons. The van der Waals surface area contributed by atoms with Crippen molar-refractivity contribution in [1.82, 2.24) is 9.88 Å². The monoisotopic (exact) mass is 415 g/mol. The van der Waals surface area contributed by atoms with E-state index < -0.39 is 23.6 Å². The molecule has 1 heterocycles. The van der Waals surface area contributed by atoms with Crippen molar-refractivity contribution in [2.45, 2.75) is 19.5 Å². The third-order valence-electron chi connectivity index (χ3n) is 3.72. The maximum atomic E-state index is 12.7. The van der Waals surface area contributed by atoms with E-state index in [4.69, 9.17) is 4.74 Å². The van der Waals surface area contributed by atoms with E-state index >= 15 is 0 Å². The Labute approximate surface area is 164 Å². The molecule has 0 fully saturated rings. The molecular formula is C18H20F3N3O3S. The SMILES string of the molecule is COCCCN(CC(=O)Nc1nc(C)cs1)C(=O)c1ccc(C(F)(F)F)cc1. The van der Waals surface area contributed by atoms with E-state index in [1.807, 2.05) is 0 Å². The zero-order valence-electron chi connectivity index (χ0n) is 15.4. The third kappa shape index (κ3) is 6.31. The summed E-state index contributed by atoms with van der Waals surface area (Å²) in [6.45, 7) is 2.14. The van der Waals surface area contributed by atoms with Crippen molar-refractivity contribution in [3.8, 4) is 0 Å². The predicted molar refractivity (Wildman–Crippen MR) is 99.3 cm³/mol. The quantitative estimate of drug-likeness (QED) is 0.669. The summed E-state index contributed by atoms with van der Waals surface area (Å²) in [6, 6.07) is 3.91. The second-order valence-corrected chi connectivity index (χ2v) is 6.85. The van der Waals surface area contributed by atoms with Crippen molar-refractivity contribution in [3.05, 3.63) is 46.5 Å². The summed E-state index contributed by atoms with van der Waals surface area (Å²) in [7, 11) is 1.51. The molecule has 6 nitrogen and oxygen atoms in total. The van der Waals surface area contributed by atoms with Crippen LogP contribution in [0.5, 0.6) is 0 Å². The van der Waals surface area contributed by atoms with Gasteiger partial charge in [0.1, 0.15) is 6.54 Å². The molecule has 2 rings (SSSR count). The summed E-state index contributed by atoms with van der Waals surface area (Å²) in [6.07, 6.45) is -4.00. The number of anilines is 1. The van der Waals surface area contributed by atoms with E-state index in [2.05, 4.69) is 10.3 Å². The lowest BCUT2D eigenvalue weighted by Gasteiger charge is -2.22. The molecule has 28 heavy (non-hydrogen) atoms. The van der Waals surface area contributed by atoms with Crippen LogP contribution in [0.2, 0.25) is 0 Å². The van der Waals surface area contributed by atoms with Crippen LogP contribution in [0, 0.1) is 6.92 Å². The number of thiazole rings is 1. The van der Waals surface area contributed by atoms with Crippen LogP contribution in [-0.2, 0) is 15.7 Å². The van der Waals surface area contributed by atoms with Gasteiger partial charge in [0.05, 0.1) is 11.3 Å². The molecule has 0 saturated carbocycles. The first-order valence-electron chi connectivity index (χ1n) is 8.38. The van der Waals surface area contributed by atoms with Gasteiger partial charge in [-0.3, -0.25) is 9.59 Å². The second-order valence-electron chi connectivity index (χ2n) is 5.99. The van der Waals surface area contributed by atoms with Gasteiger partial charge in [-0.25, -0.2) is 4.98 Å². The number of carbonyl (C=O) groups is 2. The number of aromatic nitrogens is 1. The van der Waals surface area contributed by atoms with E-state index in [0.29, 0.717) is 18.2 Å². The Morgan fingerprint density at radius 2 is 1.93 bits per heavy atom. The van der Waals surface area contributed by atoms with Gasteiger partial charge in [0, 0.05) is 31.2 Å². The molecule has 2 aromatic rings. The topological polar surface area (TPSA) is 71.5 Å². The van der Waals surface area contributed by atoms with Gasteiger partial charge in [-0.05, 0) is 37.6 Å². The standard InChI is InChI=1S/C18H20F3N3O3S/c1-12-11-28-17(22-12)23-15(25)10-24(8-3-9-27-2)16(26)13-4-6-14(7-5-13)18(19,20)21/h4-7,11H,3,8-10H2,1-2H3,(H,22,23,25). The largest absolute Gasteiger partial charge is 0.416 e. The molecule has 0 aliphatic heterocycles. The van der Waals surface area contributed by atoms with Gasteiger partial charge in [0.2, 0.25) is 5.91 Å². The average Bonchev–Trinajstić information content (AvgIpc) is 3.04. The average molecular weight is 415 g/mol. The third-order valence-corrected chi connectivity index (χ3v) is 4.60. The molecule has 1 aromatic heterocycles. The van der Waals surface area contributed by atoms with Crippen LogP contribution in [0.25, 0.3) is 0 Å². The molecule has 2 amide bonds. The first-order valence-corrected chi connectivity index (χ1v) is 9.26. The number of nitrogens with zero attached hydrogens (tertiary/aromatic N) is 2. The van der Waals surface area contributed by atoms with Crippen molar-refractivity contribution < 1.29 is 27.5 Å². The molecule has 0 aliphatic rings. The lowest BCUT2D eigenvalue weighted by atomic mass is 10.1. The number of hydrogen-bond acceptors (Lipinski definition) is 5. The van der Waals surface area contributed by atoms with Gasteiger partial charge in [0.25, 0.3) is 5.91 Å². The molecule has 10 heteroatoms. The number of alkyl halides is 3. The van der Waals surface area contributed by atoms with Crippen LogP contribution in [0.4, 0.5) is 18.3 Å². The van der Waals surface area contributed by atoms with E-state index in [9.17, 15) is 22.8 Å². The maximum absolute atomic E-state index is 12.7. The van der Waals surface area contributed by atoms with Crippen LogP contribution in [0.3, 0.4) is 0 Å². The van der Waals surface area contributed by atoms with Gasteiger partial charge < -0.3 is 15.0 Å². The van der Waals surface area contributed by atoms with E-state index in [-0.39, 0.29) is 18.7 Å². The summed E-state index contributed by atoms with van der Waals surface area (Å²) >= 11 is 1.26. The molecule has 0 aliphatic carbocycles. The summed E-state index contributed by atoms with van der Waals surface area (Å²) in [5.41, 5.74) is -0.00624. The Kier molecular flexibility index (Phi) is 7.53. The van der Waals surface area contributed by atoms with Crippen LogP contribution < -0.4 is 5.32 Å². The predicted octanol–water partition coefficient (Wildman–Crippen LogP) is 3.59. The van der Waals surface area contributed by atoms with Crippen LogP contribution in [0.15, 0.2) is 29.6 Å². The van der Waals surface area contributed by atoms with Gasteiger partial charge >= 0.3 is 6.18 Å². The molecule has 0 bridgehead atoms. The zero-order chi connectivity index (χ0) is 20.7. The molecule has 1 N–H and O–H groups in total. The van der Waals surface area contributed by atoms with Gasteiger partial charge in [-0.15, -0.1) is 11.3 Å². The highest BCUT2D eigenvalue weighted by molar-refractivity contribution is 7.13. The highest BCUT2D eigenvalue weighted by Crippen LogP contribution is 2.29. The lowest BCUT2D eigenvalue weighted by Crippen LogP contribution is -2.39. The van der Waals surface area contributed by atoms with Crippen molar-refractivity contribution >= 4 is 28.3 Å². The normalized spacial score (nSPS) is 11.3. The lowest BCUT2D eigenvalue weighted by molar-refractivity contribution is -0.137. The van der Waals surface area contributed by atoms with Crippen LogP contribution in [-0.4, -0.2) is 48.5 Å². The van der Waals surface area contributed by atoms with Crippen LogP contribution in [0.1, 0.15) is 28.0 Å². The molecular weight excluding hydrogens is 395 g/mol. The van der Waals surface area contributed by atoms with Gasteiger partial charge in [0.15, 0.2) is 5.13 Å². The number of benzene rings is 1. The van der Waals surface area contributed by atoms with Crippen molar-refractivity contribution in [2.75, 3.05) is 32.1 Å². The Morgan fingerprint density at radius 1 is 1.25 bits per heavy atom. The number of hydrogen-bond donors (Lipinski definition) is 1. The summed E-state index contributed by atoms with van der Waals surface area (Å²) in [4.78, 5) is 30.4. The van der Waals surface area contributed by atoms with Crippen molar-refractivity contribution in [2.24, 2.45) is 0 Å². The number of rotatable bonds is 8. The van der Waals surface area contributed by atoms with Gasteiger partial charge in [-0.2, -0.15) is 13.2 Å². The Morgan fingerprint density at radius 3 is 2.46 bits per heavy atom. The number of carbonyl (C=O) groups excluding carboxylic acids is 2. The molecule has 0 spiro atoms. The fourth-order valence-electron chi connectivity index (χ4n) is 2.38. The Hall–Kier alpha value is -2.46. The summed E-state index contributed by atoms with van der Waals surface area (Å²) < 4.78 is 43.1. The summed E-state index contributed by atoms with van der Waals surface area (Å²) in [5.74, 6) is -0.970. The Balaban J connectivity index is 2.09. The van der Waals surface area contributed by atoms with E-state index in [0.717, 1.165) is 30.0 Å². The number of methoxy groups -OCH3 is 1. The number of nitrogens with one attached hydrogen (secondary N) is 1. The number of amides is 2.